The fourth-order valence-corrected chi connectivity index (χ4v) is 2.71. The van der Waals surface area contributed by atoms with E-state index in [4.69, 9.17) is 23.2 Å². The minimum absolute atomic E-state index is 0.0172. The first-order valence-electron chi connectivity index (χ1n) is 7.41. The summed E-state index contributed by atoms with van der Waals surface area (Å²) in [5.41, 5.74) is 0.500. The molecule has 22 heavy (non-hydrogen) atoms. The maximum atomic E-state index is 12.5. The maximum absolute atomic E-state index is 12.5. The molecule has 0 radical (unpaired) electrons. The van der Waals surface area contributed by atoms with Gasteiger partial charge in [0.1, 0.15) is 6.54 Å². The highest BCUT2D eigenvalue weighted by Crippen LogP contribution is 2.29. The lowest BCUT2D eigenvalue weighted by Gasteiger charge is -2.27. The molecule has 4 nitrogen and oxygen atoms in total. The number of amides is 2. The predicted octanol–water partition coefficient (Wildman–Crippen LogP) is 3.99. The minimum Gasteiger partial charge on any atom is -0.341 e. The fraction of sp³-hybridized carbons (Fsp3) is 0.500. The lowest BCUT2D eigenvalue weighted by atomic mass is 10.2. The van der Waals surface area contributed by atoms with Crippen LogP contribution in [0, 0.1) is 0 Å². The Morgan fingerprint density at radius 1 is 1.09 bits per heavy atom. The molecule has 0 aromatic heterocycles. The van der Waals surface area contributed by atoms with Crippen molar-refractivity contribution in [1.29, 1.82) is 0 Å². The molecule has 0 aliphatic rings. The van der Waals surface area contributed by atoms with Gasteiger partial charge in [0.05, 0.1) is 10.7 Å². The van der Waals surface area contributed by atoms with Crippen LogP contribution in [0.15, 0.2) is 18.2 Å². The highest BCUT2D eigenvalue weighted by Gasteiger charge is 2.21. The zero-order chi connectivity index (χ0) is 16.7. The van der Waals surface area contributed by atoms with Gasteiger partial charge in [-0.05, 0) is 31.0 Å². The summed E-state index contributed by atoms with van der Waals surface area (Å²) >= 11 is 12.0. The average molecular weight is 345 g/mol. The van der Waals surface area contributed by atoms with Crippen LogP contribution in [0.3, 0.4) is 0 Å². The molecule has 0 spiro atoms. The van der Waals surface area contributed by atoms with Gasteiger partial charge in [0.2, 0.25) is 11.8 Å². The van der Waals surface area contributed by atoms with Crippen LogP contribution in [-0.2, 0) is 9.59 Å². The molecular weight excluding hydrogens is 323 g/mol. The van der Waals surface area contributed by atoms with Crippen LogP contribution in [0.25, 0.3) is 0 Å². The molecule has 0 fully saturated rings. The van der Waals surface area contributed by atoms with E-state index in [-0.39, 0.29) is 18.4 Å². The van der Waals surface area contributed by atoms with Gasteiger partial charge < -0.3 is 9.80 Å². The Morgan fingerprint density at radius 3 is 2.14 bits per heavy atom. The highest BCUT2D eigenvalue weighted by atomic mass is 35.5. The molecule has 6 heteroatoms. The summed E-state index contributed by atoms with van der Waals surface area (Å²) in [6.07, 6.45) is 1.76. The minimum atomic E-state index is -0.231. The molecule has 0 unspecified atom stereocenters. The van der Waals surface area contributed by atoms with Gasteiger partial charge >= 0.3 is 0 Å². The van der Waals surface area contributed by atoms with Crippen molar-refractivity contribution in [3.63, 3.8) is 0 Å². The number of nitrogens with zero attached hydrogens (tertiary/aromatic N) is 2. The zero-order valence-corrected chi connectivity index (χ0v) is 14.7. The molecule has 1 aromatic carbocycles. The van der Waals surface area contributed by atoms with Gasteiger partial charge in [-0.25, -0.2) is 0 Å². The fourth-order valence-electron chi connectivity index (χ4n) is 2.20. The Labute approximate surface area is 142 Å². The van der Waals surface area contributed by atoms with Crippen molar-refractivity contribution >= 4 is 40.7 Å². The summed E-state index contributed by atoms with van der Waals surface area (Å²) in [5.74, 6) is -0.310. The van der Waals surface area contributed by atoms with Crippen LogP contribution in [0.5, 0.6) is 0 Å². The van der Waals surface area contributed by atoms with E-state index in [0.717, 1.165) is 12.8 Å². The second-order valence-corrected chi connectivity index (χ2v) is 5.93. The number of anilines is 1. The van der Waals surface area contributed by atoms with E-state index in [0.29, 0.717) is 28.8 Å². The van der Waals surface area contributed by atoms with Gasteiger partial charge in [0.15, 0.2) is 0 Å². The van der Waals surface area contributed by atoms with Gasteiger partial charge in [-0.2, -0.15) is 0 Å². The van der Waals surface area contributed by atoms with Gasteiger partial charge in [-0.15, -0.1) is 0 Å². The average Bonchev–Trinajstić information content (AvgIpc) is 2.44. The summed E-state index contributed by atoms with van der Waals surface area (Å²) in [4.78, 5) is 27.5. The molecule has 1 rings (SSSR count). The number of halogens is 2. The summed E-state index contributed by atoms with van der Waals surface area (Å²) in [7, 11) is 0. The van der Waals surface area contributed by atoms with Crippen LogP contribution < -0.4 is 4.90 Å². The Bertz CT molecular complexity index is 529. The van der Waals surface area contributed by atoms with E-state index >= 15 is 0 Å². The first-order chi connectivity index (χ1) is 10.4. The number of hydrogen-bond donors (Lipinski definition) is 0. The normalized spacial score (nSPS) is 10.4. The van der Waals surface area contributed by atoms with E-state index in [2.05, 4.69) is 0 Å². The van der Waals surface area contributed by atoms with Crippen LogP contribution in [0.2, 0.25) is 10.0 Å². The van der Waals surface area contributed by atoms with E-state index in [1.54, 1.807) is 23.1 Å². The van der Waals surface area contributed by atoms with Crippen molar-refractivity contribution in [2.75, 3.05) is 24.5 Å². The quantitative estimate of drug-likeness (QED) is 0.750. The zero-order valence-electron chi connectivity index (χ0n) is 13.2. The van der Waals surface area contributed by atoms with Crippen molar-refractivity contribution in [3.05, 3.63) is 28.2 Å². The van der Waals surface area contributed by atoms with Crippen LogP contribution in [-0.4, -0.2) is 36.3 Å². The molecule has 1 aromatic rings. The summed E-state index contributed by atoms with van der Waals surface area (Å²) in [5, 5.41) is 0.843. The van der Waals surface area contributed by atoms with Crippen LogP contribution in [0.1, 0.15) is 33.6 Å². The van der Waals surface area contributed by atoms with Crippen molar-refractivity contribution in [1.82, 2.24) is 4.90 Å². The smallest absolute Gasteiger partial charge is 0.242 e. The third kappa shape index (κ3) is 5.18. The summed E-state index contributed by atoms with van der Waals surface area (Å²) < 4.78 is 0. The number of carbonyl (C=O) groups is 2. The van der Waals surface area contributed by atoms with E-state index in [1.165, 1.54) is 11.8 Å². The number of carbonyl (C=O) groups excluding carboxylic acids is 2. The number of benzene rings is 1. The Kier molecular flexibility index (Phi) is 7.69. The SMILES string of the molecule is CCCN(CCC)C(=O)CN(C(C)=O)c1ccc(Cl)cc1Cl. The second kappa shape index (κ2) is 9.01. The first-order valence-corrected chi connectivity index (χ1v) is 8.17. The molecule has 0 saturated heterocycles. The molecule has 0 bridgehead atoms. The van der Waals surface area contributed by atoms with Crippen molar-refractivity contribution < 1.29 is 9.59 Å². The Balaban J connectivity index is 2.96. The first kappa shape index (κ1) is 18.8. The molecule has 0 saturated carbocycles. The topological polar surface area (TPSA) is 40.6 Å². The maximum Gasteiger partial charge on any atom is 0.242 e. The predicted molar refractivity (Wildman–Crippen MR) is 91.7 cm³/mol. The van der Waals surface area contributed by atoms with Crippen molar-refractivity contribution in [2.45, 2.75) is 33.6 Å². The number of hydrogen-bond acceptors (Lipinski definition) is 2. The summed E-state index contributed by atoms with van der Waals surface area (Å²) in [6.45, 7) is 6.82. The molecular formula is C16H22Cl2N2O2. The molecule has 2 amide bonds. The van der Waals surface area contributed by atoms with Crippen LogP contribution >= 0.6 is 23.2 Å². The molecule has 122 valence electrons. The monoisotopic (exact) mass is 344 g/mol. The van der Waals surface area contributed by atoms with E-state index < -0.39 is 0 Å². The van der Waals surface area contributed by atoms with E-state index in [9.17, 15) is 9.59 Å². The van der Waals surface area contributed by atoms with E-state index in [1.807, 2.05) is 13.8 Å². The second-order valence-electron chi connectivity index (χ2n) is 5.08. The molecule has 0 N–H and O–H groups in total. The lowest BCUT2D eigenvalue weighted by molar-refractivity contribution is -0.131. The van der Waals surface area contributed by atoms with Crippen LogP contribution in [0.4, 0.5) is 5.69 Å². The molecule has 0 atom stereocenters. The molecule has 0 aliphatic carbocycles. The lowest BCUT2D eigenvalue weighted by Crippen LogP contribution is -2.43. The van der Waals surface area contributed by atoms with Gasteiger partial charge in [0.25, 0.3) is 0 Å². The van der Waals surface area contributed by atoms with Gasteiger partial charge in [-0.1, -0.05) is 37.0 Å². The third-order valence-corrected chi connectivity index (χ3v) is 3.75. The number of rotatable bonds is 7. The molecule has 0 heterocycles. The Morgan fingerprint density at radius 2 is 1.68 bits per heavy atom. The third-order valence-electron chi connectivity index (χ3n) is 3.21. The van der Waals surface area contributed by atoms with Gasteiger partial charge in [-0.3, -0.25) is 9.59 Å². The Hall–Kier alpha value is -1.26. The molecule has 0 aliphatic heterocycles. The summed E-state index contributed by atoms with van der Waals surface area (Å²) in [6, 6.07) is 4.87. The largest absolute Gasteiger partial charge is 0.341 e. The van der Waals surface area contributed by atoms with Crippen molar-refractivity contribution in [3.8, 4) is 0 Å². The van der Waals surface area contributed by atoms with Crippen molar-refractivity contribution in [2.24, 2.45) is 0 Å². The van der Waals surface area contributed by atoms with Gasteiger partial charge in [0, 0.05) is 25.0 Å². The highest BCUT2D eigenvalue weighted by molar-refractivity contribution is 6.36. The standard InChI is InChI=1S/C16H22Cl2N2O2/c1-4-8-19(9-5-2)16(22)11-20(12(3)21)15-7-6-13(17)10-14(15)18/h6-7,10H,4-5,8-9,11H2,1-3H3.